The Labute approximate surface area is 89.4 Å². The average Bonchev–Trinajstić information content (AvgIpc) is 2.24. The zero-order valence-electron chi connectivity index (χ0n) is 8.99. The molecule has 1 aromatic heterocycles. The number of fused-ring (bicyclic) bond motifs is 1. The smallest absolute Gasteiger partial charge is 0.131 e. The highest BCUT2D eigenvalue weighted by Crippen LogP contribution is 2.25. The molecule has 15 heavy (non-hydrogen) atoms. The Bertz CT molecular complexity index is 527. The number of nitrogen functional groups attached to an aromatic ring is 1. The lowest BCUT2D eigenvalue weighted by Gasteiger charge is -2.07. The molecule has 0 bridgehead atoms. The second-order valence-corrected chi connectivity index (χ2v) is 3.54. The minimum atomic E-state index is 0.601. The molecule has 0 aliphatic rings. The van der Waals surface area contributed by atoms with E-state index in [0.29, 0.717) is 5.82 Å². The Balaban J connectivity index is 2.89. The van der Waals surface area contributed by atoms with Crippen LogP contribution in [0.5, 0.6) is 0 Å². The summed E-state index contributed by atoms with van der Waals surface area (Å²) in [4.78, 5) is 4.35. The number of pyridine rings is 1. The van der Waals surface area contributed by atoms with Gasteiger partial charge in [-0.25, -0.2) is 4.98 Å². The number of aromatic nitrogens is 1. The van der Waals surface area contributed by atoms with E-state index in [4.69, 9.17) is 5.73 Å². The van der Waals surface area contributed by atoms with Gasteiger partial charge in [0, 0.05) is 16.6 Å². The highest BCUT2D eigenvalue weighted by atomic mass is 14.8. The van der Waals surface area contributed by atoms with Gasteiger partial charge in [-0.3, -0.25) is 0 Å². The molecule has 0 saturated carbocycles. The predicted molar refractivity (Wildman–Crippen MR) is 65.6 cm³/mol. The van der Waals surface area contributed by atoms with Crippen LogP contribution in [0, 0.1) is 6.92 Å². The Kier molecular flexibility index (Phi) is 2.42. The molecule has 0 saturated heterocycles. The van der Waals surface area contributed by atoms with Crippen LogP contribution < -0.4 is 5.73 Å². The van der Waals surface area contributed by atoms with Crippen molar-refractivity contribution in [3.8, 4) is 0 Å². The molecule has 2 N–H and O–H groups in total. The first-order valence-electron chi connectivity index (χ1n) is 5.01. The van der Waals surface area contributed by atoms with E-state index in [-0.39, 0.29) is 0 Å². The third kappa shape index (κ3) is 1.59. The van der Waals surface area contributed by atoms with Crippen LogP contribution in [0.1, 0.15) is 18.2 Å². The fourth-order valence-corrected chi connectivity index (χ4v) is 1.81. The van der Waals surface area contributed by atoms with Gasteiger partial charge in [0.15, 0.2) is 0 Å². The van der Waals surface area contributed by atoms with Crippen LogP contribution in [-0.2, 0) is 0 Å². The summed E-state index contributed by atoms with van der Waals surface area (Å²) in [6, 6.07) is 8.20. The van der Waals surface area contributed by atoms with E-state index in [9.17, 15) is 0 Å². The van der Waals surface area contributed by atoms with E-state index in [2.05, 4.69) is 17.1 Å². The SMILES string of the molecule is C/C=C/c1c(N)nc(C)c2ccccc12. The standard InChI is InChI=1S/C13H14N2/c1-3-6-12-11-8-5-4-7-10(11)9(2)15-13(12)14/h3-8H,1-2H3,(H2,14,15)/b6-3+. The molecular formula is C13H14N2. The fourth-order valence-electron chi connectivity index (χ4n) is 1.81. The Morgan fingerprint density at radius 3 is 2.53 bits per heavy atom. The zero-order valence-corrected chi connectivity index (χ0v) is 8.99. The van der Waals surface area contributed by atoms with Crippen LogP contribution in [0.4, 0.5) is 5.82 Å². The normalized spacial score (nSPS) is 11.3. The van der Waals surface area contributed by atoms with Crippen LogP contribution in [0.25, 0.3) is 16.8 Å². The lowest BCUT2D eigenvalue weighted by atomic mass is 10.0. The van der Waals surface area contributed by atoms with Gasteiger partial charge in [0.05, 0.1) is 0 Å². The summed E-state index contributed by atoms with van der Waals surface area (Å²) in [7, 11) is 0. The van der Waals surface area contributed by atoms with Gasteiger partial charge in [0.1, 0.15) is 5.82 Å². The summed E-state index contributed by atoms with van der Waals surface area (Å²) < 4.78 is 0. The van der Waals surface area contributed by atoms with E-state index in [1.165, 1.54) is 10.8 Å². The van der Waals surface area contributed by atoms with Crippen molar-refractivity contribution in [2.75, 3.05) is 5.73 Å². The predicted octanol–water partition coefficient (Wildman–Crippen LogP) is 3.16. The Morgan fingerprint density at radius 1 is 1.20 bits per heavy atom. The minimum Gasteiger partial charge on any atom is -0.383 e. The molecule has 0 unspecified atom stereocenters. The van der Waals surface area contributed by atoms with E-state index < -0.39 is 0 Å². The zero-order chi connectivity index (χ0) is 10.8. The van der Waals surface area contributed by atoms with E-state index in [1.54, 1.807) is 0 Å². The molecule has 0 amide bonds. The van der Waals surface area contributed by atoms with E-state index in [1.807, 2.05) is 38.1 Å². The number of benzene rings is 1. The second kappa shape index (κ2) is 3.73. The lowest BCUT2D eigenvalue weighted by Crippen LogP contribution is -1.97. The number of hydrogen-bond donors (Lipinski definition) is 1. The van der Waals surface area contributed by atoms with Gasteiger partial charge in [-0.15, -0.1) is 0 Å². The minimum absolute atomic E-state index is 0.601. The number of rotatable bonds is 1. The highest BCUT2D eigenvalue weighted by Gasteiger charge is 2.05. The number of nitrogens with zero attached hydrogens (tertiary/aromatic N) is 1. The van der Waals surface area contributed by atoms with Crippen molar-refractivity contribution in [3.05, 3.63) is 41.6 Å². The summed E-state index contributed by atoms with van der Waals surface area (Å²) in [5.41, 5.74) is 7.91. The molecule has 0 atom stereocenters. The molecular weight excluding hydrogens is 184 g/mol. The van der Waals surface area contributed by atoms with Gasteiger partial charge in [0.25, 0.3) is 0 Å². The van der Waals surface area contributed by atoms with Crippen molar-refractivity contribution in [2.24, 2.45) is 0 Å². The molecule has 1 aromatic carbocycles. The van der Waals surface area contributed by atoms with Crippen molar-refractivity contribution in [2.45, 2.75) is 13.8 Å². The maximum Gasteiger partial charge on any atom is 0.131 e. The van der Waals surface area contributed by atoms with Gasteiger partial charge in [-0.2, -0.15) is 0 Å². The molecule has 0 aliphatic carbocycles. The van der Waals surface area contributed by atoms with E-state index in [0.717, 1.165) is 11.3 Å². The average molecular weight is 198 g/mol. The van der Waals surface area contributed by atoms with Gasteiger partial charge in [-0.05, 0) is 19.2 Å². The largest absolute Gasteiger partial charge is 0.383 e. The Morgan fingerprint density at radius 2 is 1.87 bits per heavy atom. The molecule has 76 valence electrons. The van der Waals surface area contributed by atoms with Gasteiger partial charge in [0.2, 0.25) is 0 Å². The summed E-state index contributed by atoms with van der Waals surface area (Å²) in [5.74, 6) is 0.601. The van der Waals surface area contributed by atoms with Crippen molar-refractivity contribution in [1.82, 2.24) is 4.98 Å². The summed E-state index contributed by atoms with van der Waals surface area (Å²) in [6.07, 6.45) is 3.99. The van der Waals surface area contributed by atoms with Crippen molar-refractivity contribution in [3.63, 3.8) is 0 Å². The third-order valence-corrected chi connectivity index (χ3v) is 2.50. The third-order valence-electron chi connectivity index (χ3n) is 2.50. The van der Waals surface area contributed by atoms with E-state index >= 15 is 0 Å². The Hall–Kier alpha value is -1.83. The van der Waals surface area contributed by atoms with Gasteiger partial charge >= 0.3 is 0 Å². The first-order chi connectivity index (χ1) is 7.24. The maximum atomic E-state index is 5.91. The van der Waals surface area contributed by atoms with Crippen molar-refractivity contribution >= 4 is 22.7 Å². The van der Waals surface area contributed by atoms with Crippen molar-refractivity contribution in [1.29, 1.82) is 0 Å². The first kappa shape index (κ1) is 9.71. The molecule has 0 fully saturated rings. The lowest BCUT2D eigenvalue weighted by molar-refractivity contribution is 1.24. The first-order valence-corrected chi connectivity index (χ1v) is 5.01. The number of hydrogen-bond acceptors (Lipinski definition) is 2. The van der Waals surface area contributed by atoms with Crippen LogP contribution in [0.2, 0.25) is 0 Å². The van der Waals surface area contributed by atoms with Gasteiger partial charge in [-0.1, -0.05) is 36.4 Å². The van der Waals surface area contributed by atoms with Crippen molar-refractivity contribution < 1.29 is 0 Å². The number of allylic oxidation sites excluding steroid dienone is 1. The van der Waals surface area contributed by atoms with Crippen LogP contribution in [0.15, 0.2) is 30.3 Å². The summed E-state index contributed by atoms with van der Waals surface area (Å²) in [5, 5.41) is 2.33. The molecule has 2 heteroatoms. The molecule has 1 heterocycles. The monoisotopic (exact) mass is 198 g/mol. The molecule has 0 aliphatic heterocycles. The molecule has 2 aromatic rings. The number of nitrogens with two attached hydrogens (primary N) is 1. The molecule has 0 radical (unpaired) electrons. The highest BCUT2D eigenvalue weighted by molar-refractivity contribution is 5.95. The topological polar surface area (TPSA) is 38.9 Å². The van der Waals surface area contributed by atoms with Crippen LogP contribution in [0.3, 0.4) is 0 Å². The summed E-state index contributed by atoms with van der Waals surface area (Å²) in [6.45, 7) is 3.96. The number of aryl methyl sites for hydroxylation is 1. The second-order valence-electron chi connectivity index (χ2n) is 3.54. The quantitative estimate of drug-likeness (QED) is 0.764. The van der Waals surface area contributed by atoms with Crippen LogP contribution in [-0.4, -0.2) is 4.98 Å². The van der Waals surface area contributed by atoms with Crippen LogP contribution >= 0.6 is 0 Å². The molecule has 0 spiro atoms. The molecule has 2 nitrogen and oxygen atoms in total. The summed E-state index contributed by atoms with van der Waals surface area (Å²) >= 11 is 0. The molecule has 2 rings (SSSR count). The maximum absolute atomic E-state index is 5.91. The fraction of sp³-hybridized carbons (Fsp3) is 0.154. The van der Waals surface area contributed by atoms with Gasteiger partial charge < -0.3 is 5.73 Å². The number of anilines is 1.